The fourth-order valence-electron chi connectivity index (χ4n) is 3.42. The van der Waals surface area contributed by atoms with Crippen molar-refractivity contribution in [2.24, 2.45) is 5.41 Å². The van der Waals surface area contributed by atoms with E-state index in [0.717, 1.165) is 4.90 Å². The first-order valence-corrected chi connectivity index (χ1v) is 9.22. The number of anilines is 1. The maximum atomic E-state index is 13.1. The van der Waals surface area contributed by atoms with Gasteiger partial charge in [-0.25, -0.2) is 18.9 Å². The Balaban J connectivity index is 1.83. The second-order valence-electron chi connectivity index (χ2n) is 6.78. The Kier molecular flexibility index (Phi) is 5.54. The Morgan fingerprint density at radius 2 is 1.69 bits per heavy atom. The van der Waals surface area contributed by atoms with Gasteiger partial charge in [-0.05, 0) is 61.4 Å². The number of urea groups is 1. The Morgan fingerprint density at radius 1 is 1.10 bits per heavy atom. The molecule has 0 bridgehead atoms. The van der Waals surface area contributed by atoms with E-state index in [4.69, 9.17) is 9.84 Å². The molecule has 2 aromatic rings. The number of rotatable bonds is 6. The number of nitrogens with one attached hydrogen (secondary N) is 1. The zero-order valence-electron chi connectivity index (χ0n) is 16.0. The standard InChI is InChI=1S/C21H21FN2O5/c1-3-21(4-2)18(27)24(20(28)23-15-9-7-14(22)8-10-15)19(21)29-16-11-5-13(6-12-16)17(25)26/h5-12,19H,3-4H2,1-2H3,(H,23,28)(H,25,26). The van der Waals surface area contributed by atoms with Gasteiger partial charge >= 0.3 is 12.0 Å². The molecular formula is C21H21FN2O5. The summed E-state index contributed by atoms with van der Waals surface area (Å²) in [6, 6.07) is 10.3. The molecule has 1 aliphatic rings. The third kappa shape index (κ3) is 3.65. The van der Waals surface area contributed by atoms with Gasteiger partial charge in [0.25, 0.3) is 0 Å². The molecule has 2 aromatic carbocycles. The average Bonchev–Trinajstić information content (AvgIpc) is 2.71. The summed E-state index contributed by atoms with van der Waals surface area (Å²) in [4.78, 5) is 37.5. The minimum absolute atomic E-state index is 0.102. The Morgan fingerprint density at radius 3 is 2.21 bits per heavy atom. The van der Waals surface area contributed by atoms with Gasteiger partial charge in [-0.15, -0.1) is 0 Å². The average molecular weight is 400 g/mol. The number of benzene rings is 2. The van der Waals surface area contributed by atoms with Crippen LogP contribution >= 0.6 is 0 Å². The summed E-state index contributed by atoms with van der Waals surface area (Å²) in [7, 11) is 0. The quantitative estimate of drug-likeness (QED) is 0.712. The van der Waals surface area contributed by atoms with Crippen molar-refractivity contribution in [1.29, 1.82) is 0 Å². The molecule has 29 heavy (non-hydrogen) atoms. The lowest BCUT2D eigenvalue weighted by Gasteiger charge is -2.53. The van der Waals surface area contributed by atoms with Crippen LogP contribution in [0, 0.1) is 11.2 Å². The van der Waals surface area contributed by atoms with E-state index < -0.39 is 29.5 Å². The largest absolute Gasteiger partial charge is 0.478 e. The van der Waals surface area contributed by atoms with Gasteiger partial charge in [0.2, 0.25) is 5.91 Å². The highest BCUT2D eigenvalue weighted by molar-refractivity contribution is 6.07. The molecule has 2 N–H and O–H groups in total. The number of carbonyl (C=O) groups is 3. The predicted octanol–water partition coefficient (Wildman–Crippen LogP) is 4.11. The van der Waals surface area contributed by atoms with Crippen molar-refractivity contribution in [3.8, 4) is 5.75 Å². The van der Waals surface area contributed by atoms with Crippen LogP contribution in [0.15, 0.2) is 48.5 Å². The smallest absolute Gasteiger partial charge is 0.335 e. The van der Waals surface area contributed by atoms with Crippen molar-refractivity contribution in [2.75, 3.05) is 5.32 Å². The Hall–Kier alpha value is -3.42. The van der Waals surface area contributed by atoms with Crippen molar-refractivity contribution >= 4 is 23.6 Å². The van der Waals surface area contributed by atoms with Crippen molar-refractivity contribution in [3.63, 3.8) is 0 Å². The number of β-lactam (4-membered cyclic amide) rings is 1. The molecule has 0 aromatic heterocycles. The molecule has 1 heterocycles. The SMILES string of the molecule is CCC1(CC)C(=O)N(C(=O)Nc2ccc(F)cc2)C1Oc1ccc(C(=O)O)cc1. The molecule has 8 heteroatoms. The zero-order chi connectivity index (χ0) is 21.2. The monoisotopic (exact) mass is 400 g/mol. The first-order chi connectivity index (χ1) is 13.8. The highest BCUT2D eigenvalue weighted by Crippen LogP contribution is 2.46. The minimum atomic E-state index is -1.06. The van der Waals surface area contributed by atoms with Gasteiger partial charge in [-0.2, -0.15) is 0 Å². The summed E-state index contributed by atoms with van der Waals surface area (Å²) in [5.41, 5.74) is -0.407. The zero-order valence-corrected chi connectivity index (χ0v) is 16.0. The molecule has 1 fully saturated rings. The molecule has 152 valence electrons. The molecule has 3 rings (SSSR count). The number of imide groups is 1. The van der Waals surface area contributed by atoms with Crippen LogP contribution in [-0.4, -0.2) is 34.1 Å². The summed E-state index contributed by atoms with van der Waals surface area (Å²) in [5.74, 6) is -1.51. The summed E-state index contributed by atoms with van der Waals surface area (Å²) in [5, 5.41) is 11.6. The fourth-order valence-corrected chi connectivity index (χ4v) is 3.42. The summed E-state index contributed by atoms with van der Waals surface area (Å²) >= 11 is 0. The first-order valence-electron chi connectivity index (χ1n) is 9.22. The molecule has 0 spiro atoms. The Labute approximate surface area is 167 Å². The number of ether oxygens (including phenoxy) is 1. The lowest BCUT2D eigenvalue weighted by molar-refractivity contribution is -0.190. The third-order valence-electron chi connectivity index (χ3n) is 5.28. The van der Waals surface area contributed by atoms with E-state index in [-0.39, 0.29) is 11.5 Å². The molecule has 3 amide bonds. The van der Waals surface area contributed by atoms with E-state index in [1.807, 2.05) is 13.8 Å². The lowest BCUT2D eigenvalue weighted by atomic mass is 9.72. The molecule has 7 nitrogen and oxygen atoms in total. The van der Waals surface area contributed by atoms with Crippen molar-refractivity contribution in [1.82, 2.24) is 4.90 Å². The van der Waals surface area contributed by atoms with E-state index in [1.54, 1.807) is 0 Å². The first kappa shape index (κ1) is 20.3. The van der Waals surface area contributed by atoms with Crippen LogP contribution in [0.1, 0.15) is 37.0 Å². The summed E-state index contributed by atoms with van der Waals surface area (Å²) in [6.45, 7) is 3.70. The molecule has 1 unspecified atom stereocenters. The van der Waals surface area contributed by atoms with Gasteiger partial charge in [-0.3, -0.25) is 4.79 Å². The van der Waals surface area contributed by atoms with E-state index in [9.17, 15) is 18.8 Å². The van der Waals surface area contributed by atoms with Crippen LogP contribution in [0.4, 0.5) is 14.9 Å². The maximum Gasteiger partial charge on any atom is 0.335 e. The van der Waals surface area contributed by atoms with Gasteiger partial charge in [0.15, 0.2) is 6.23 Å². The summed E-state index contributed by atoms with van der Waals surface area (Å²) < 4.78 is 19.0. The van der Waals surface area contributed by atoms with Crippen molar-refractivity contribution in [3.05, 3.63) is 59.9 Å². The predicted molar refractivity (Wildman–Crippen MR) is 103 cm³/mol. The normalized spacial score (nSPS) is 17.4. The number of aromatic carboxylic acids is 1. The van der Waals surface area contributed by atoms with Crippen LogP contribution in [0.3, 0.4) is 0 Å². The number of hydrogen-bond acceptors (Lipinski definition) is 4. The highest BCUT2D eigenvalue weighted by atomic mass is 19.1. The maximum absolute atomic E-state index is 13.1. The van der Waals surface area contributed by atoms with Crippen LogP contribution < -0.4 is 10.1 Å². The molecule has 1 saturated heterocycles. The Bertz CT molecular complexity index is 923. The molecular weight excluding hydrogens is 379 g/mol. The fraction of sp³-hybridized carbons (Fsp3) is 0.286. The summed E-state index contributed by atoms with van der Waals surface area (Å²) in [6.07, 6.45) is 0.0993. The number of amides is 3. The minimum Gasteiger partial charge on any atom is -0.478 e. The molecule has 0 radical (unpaired) electrons. The number of carbonyl (C=O) groups excluding carboxylic acids is 2. The van der Waals surface area contributed by atoms with Gasteiger partial charge in [-0.1, -0.05) is 13.8 Å². The van der Waals surface area contributed by atoms with Gasteiger partial charge in [0.1, 0.15) is 17.0 Å². The van der Waals surface area contributed by atoms with E-state index in [1.165, 1.54) is 48.5 Å². The molecule has 1 atom stereocenters. The van der Waals surface area contributed by atoms with E-state index in [2.05, 4.69) is 5.32 Å². The third-order valence-corrected chi connectivity index (χ3v) is 5.28. The number of halogens is 1. The van der Waals surface area contributed by atoms with Gasteiger partial charge in [0.05, 0.1) is 5.56 Å². The number of hydrogen-bond donors (Lipinski definition) is 2. The van der Waals surface area contributed by atoms with Crippen LogP contribution in [0.25, 0.3) is 0 Å². The van der Waals surface area contributed by atoms with Crippen molar-refractivity contribution < 1.29 is 28.6 Å². The topological polar surface area (TPSA) is 95.9 Å². The molecule has 0 saturated carbocycles. The lowest BCUT2D eigenvalue weighted by Crippen LogP contribution is -2.73. The number of likely N-dealkylation sites (tertiary alicyclic amines) is 1. The van der Waals surface area contributed by atoms with Crippen molar-refractivity contribution in [2.45, 2.75) is 32.9 Å². The molecule has 1 aliphatic heterocycles. The van der Waals surface area contributed by atoms with E-state index >= 15 is 0 Å². The van der Waals surface area contributed by atoms with Crippen LogP contribution in [0.5, 0.6) is 5.75 Å². The molecule has 0 aliphatic carbocycles. The van der Waals surface area contributed by atoms with Gasteiger partial charge < -0.3 is 15.2 Å². The number of nitrogens with zero attached hydrogens (tertiary/aromatic N) is 1. The number of carboxylic acid groups (broad SMARTS) is 1. The van der Waals surface area contributed by atoms with E-state index in [0.29, 0.717) is 24.3 Å². The highest BCUT2D eigenvalue weighted by Gasteiger charge is 2.62. The number of carboxylic acids is 1. The van der Waals surface area contributed by atoms with Crippen LogP contribution in [0.2, 0.25) is 0 Å². The second-order valence-corrected chi connectivity index (χ2v) is 6.78. The van der Waals surface area contributed by atoms with Gasteiger partial charge in [0, 0.05) is 5.69 Å². The second kappa shape index (κ2) is 7.90. The van der Waals surface area contributed by atoms with Crippen LogP contribution in [-0.2, 0) is 4.79 Å².